The third-order valence-corrected chi connectivity index (χ3v) is 2.95. The zero-order chi connectivity index (χ0) is 13.3. The second kappa shape index (κ2) is 4.52. The minimum absolute atomic E-state index is 0.111. The second-order valence-electron chi connectivity index (χ2n) is 4.00. The lowest BCUT2D eigenvalue weighted by atomic mass is 10.3. The van der Waals surface area contributed by atoms with Crippen LogP contribution in [0.1, 0.15) is 12.6 Å². The van der Waals surface area contributed by atoms with Crippen LogP contribution in [0.25, 0.3) is 5.69 Å². The van der Waals surface area contributed by atoms with Gasteiger partial charge in [0.25, 0.3) is 5.56 Å². The average Bonchev–Trinajstić information content (AvgIpc) is 2.38. The molecule has 18 heavy (non-hydrogen) atoms. The lowest BCUT2D eigenvalue weighted by Crippen LogP contribution is -2.41. The van der Waals surface area contributed by atoms with E-state index in [1.165, 1.54) is 4.57 Å². The van der Waals surface area contributed by atoms with Crippen molar-refractivity contribution >= 4 is 5.69 Å². The Labute approximate surface area is 104 Å². The van der Waals surface area contributed by atoms with Gasteiger partial charge in [-0.2, -0.15) is 0 Å². The van der Waals surface area contributed by atoms with Gasteiger partial charge in [0.15, 0.2) is 0 Å². The second-order valence-corrected chi connectivity index (χ2v) is 4.00. The van der Waals surface area contributed by atoms with Crippen LogP contribution in [-0.4, -0.2) is 9.13 Å². The molecule has 0 unspecified atom stereocenters. The predicted molar refractivity (Wildman–Crippen MR) is 71.1 cm³/mol. The van der Waals surface area contributed by atoms with Gasteiger partial charge in [0.2, 0.25) is 0 Å². The van der Waals surface area contributed by atoms with Gasteiger partial charge in [-0.25, -0.2) is 4.79 Å². The van der Waals surface area contributed by atoms with E-state index in [2.05, 4.69) is 0 Å². The Morgan fingerprint density at radius 2 is 1.78 bits per heavy atom. The highest BCUT2D eigenvalue weighted by atomic mass is 16.2. The number of anilines is 1. The van der Waals surface area contributed by atoms with Crippen LogP contribution in [-0.2, 0) is 6.54 Å². The molecule has 2 N–H and O–H groups in total. The van der Waals surface area contributed by atoms with Gasteiger partial charge in [-0.1, -0.05) is 18.2 Å². The van der Waals surface area contributed by atoms with Crippen LogP contribution in [0.3, 0.4) is 0 Å². The fraction of sp³-hybridized carbons (Fsp3) is 0.231. The quantitative estimate of drug-likeness (QED) is 0.855. The summed E-state index contributed by atoms with van der Waals surface area (Å²) in [6.07, 6.45) is 0. The molecule has 0 atom stereocenters. The number of rotatable bonds is 2. The Morgan fingerprint density at radius 1 is 1.17 bits per heavy atom. The fourth-order valence-corrected chi connectivity index (χ4v) is 1.93. The fourth-order valence-electron chi connectivity index (χ4n) is 1.93. The molecule has 0 saturated carbocycles. The molecule has 0 bridgehead atoms. The highest BCUT2D eigenvalue weighted by molar-refractivity contribution is 5.45. The van der Waals surface area contributed by atoms with E-state index in [1.807, 2.05) is 18.2 Å². The molecule has 2 aromatic rings. The third-order valence-electron chi connectivity index (χ3n) is 2.95. The van der Waals surface area contributed by atoms with Gasteiger partial charge in [0.1, 0.15) is 5.69 Å². The Morgan fingerprint density at radius 3 is 2.33 bits per heavy atom. The molecule has 2 rings (SSSR count). The number of para-hydroxylation sites is 1. The van der Waals surface area contributed by atoms with E-state index in [1.54, 1.807) is 26.0 Å². The lowest BCUT2D eigenvalue weighted by molar-refractivity contribution is 0.641. The van der Waals surface area contributed by atoms with Crippen molar-refractivity contribution in [1.29, 1.82) is 0 Å². The summed E-state index contributed by atoms with van der Waals surface area (Å²) in [6, 6.07) is 9.14. The van der Waals surface area contributed by atoms with E-state index in [4.69, 9.17) is 5.73 Å². The molecule has 94 valence electrons. The van der Waals surface area contributed by atoms with Crippen molar-refractivity contribution in [3.8, 4) is 5.69 Å². The number of benzene rings is 1. The van der Waals surface area contributed by atoms with Crippen LogP contribution < -0.4 is 17.0 Å². The molecule has 0 fully saturated rings. The van der Waals surface area contributed by atoms with Crippen LogP contribution in [0.2, 0.25) is 0 Å². The van der Waals surface area contributed by atoms with Crippen molar-refractivity contribution in [3.63, 3.8) is 0 Å². The molecule has 1 aromatic carbocycles. The zero-order valence-corrected chi connectivity index (χ0v) is 10.4. The molecular weight excluding hydrogens is 230 g/mol. The molecule has 5 heteroatoms. The Kier molecular flexibility index (Phi) is 3.06. The first-order valence-electron chi connectivity index (χ1n) is 5.75. The summed E-state index contributed by atoms with van der Waals surface area (Å²) in [4.78, 5) is 24.1. The first-order chi connectivity index (χ1) is 8.57. The Balaban J connectivity index is 2.89. The molecule has 1 aromatic heterocycles. The van der Waals surface area contributed by atoms with Crippen molar-refractivity contribution in [2.24, 2.45) is 0 Å². The van der Waals surface area contributed by atoms with E-state index in [0.717, 1.165) is 4.57 Å². The van der Waals surface area contributed by atoms with Gasteiger partial charge in [-0.15, -0.1) is 0 Å². The zero-order valence-electron chi connectivity index (χ0n) is 10.4. The van der Waals surface area contributed by atoms with Crippen LogP contribution in [0.4, 0.5) is 5.69 Å². The number of nitrogens with zero attached hydrogens (tertiary/aromatic N) is 2. The maximum Gasteiger partial charge on any atom is 0.335 e. The minimum Gasteiger partial charge on any atom is -0.393 e. The van der Waals surface area contributed by atoms with Crippen molar-refractivity contribution in [2.45, 2.75) is 20.4 Å². The molecule has 1 heterocycles. The van der Waals surface area contributed by atoms with Crippen LogP contribution in [0.5, 0.6) is 0 Å². The summed E-state index contributed by atoms with van der Waals surface area (Å²) in [5.41, 5.74) is 6.27. The van der Waals surface area contributed by atoms with Gasteiger partial charge < -0.3 is 5.73 Å². The lowest BCUT2D eigenvalue weighted by Gasteiger charge is -2.14. The van der Waals surface area contributed by atoms with Crippen LogP contribution >= 0.6 is 0 Å². The third kappa shape index (κ3) is 1.73. The largest absolute Gasteiger partial charge is 0.393 e. The molecule has 0 aliphatic heterocycles. The molecule has 0 aliphatic carbocycles. The SMILES string of the molecule is CCn1c(=O)c(N)c(C)n(-c2ccccc2)c1=O. The number of hydrogen-bond acceptors (Lipinski definition) is 3. The van der Waals surface area contributed by atoms with Crippen molar-refractivity contribution in [1.82, 2.24) is 9.13 Å². The van der Waals surface area contributed by atoms with Crippen LogP contribution in [0, 0.1) is 6.92 Å². The first-order valence-corrected chi connectivity index (χ1v) is 5.75. The summed E-state index contributed by atoms with van der Waals surface area (Å²) in [6.45, 7) is 3.72. The molecule has 0 amide bonds. The van der Waals surface area contributed by atoms with Gasteiger partial charge in [-0.05, 0) is 26.0 Å². The van der Waals surface area contributed by atoms with Gasteiger partial charge >= 0.3 is 5.69 Å². The normalized spacial score (nSPS) is 10.6. The van der Waals surface area contributed by atoms with Crippen molar-refractivity contribution in [3.05, 3.63) is 56.9 Å². The summed E-state index contributed by atoms with van der Waals surface area (Å²) in [7, 11) is 0. The molecule has 0 radical (unpaired) electrons. The summed E-state index contributed by atoms with van der Waals surface area (Å²) in [5.74, 6) is 0. The number of aromatic nitrogens is 2. The monoisotopic (exact) mass is 245 g/mol. The smallest absolute Gasteiger partial charge is 0.335 e. The maximum atomic E-state index is 12.3. The van der Waals surface area contributed by atoms with Crippen LogP contribution in [0.15, 0.2) is 39.9 Å². The standard InChI is InChI=1S/C13H15N3O2/c1-3-15-12(17)11(14)9(2)16(13(15)18)10-7-5-4-6-8-10/h4-8H,3,14H2,1-2H3. The Bertz CT molecular complexity index is 684. The predicted octanol–water partition coefficient (Wildman–Crippen LogP) is 0.910. The van der Waals surface area contributed by atoms with Gasteiger partial charge in [-0.3, -0.25) is 13.9 Å². The van der Waals surface area contributed by atoms with E-state index < -0.39 is 5.56 Å². The molecular formula is C13H15N3O2. The van der Waals surface area contributed by atoms with E-state index in [0.29, 0.717) is 17.9 Å². The van der Waals surface area contributed by atoms with Crippen molar-refractivity contribution in [2.75, 3.05) is 5.73 Å². The van der Waals surface area contributed by atoms with Crippen molar-refractivity contribution < 1.29 is 0 Å². The number of hydrogen-bond donors (Lipinski definition) is 1. The highest BCUT2D eigenvalue weighted by Gasteiger charge is 2.13. The van der Waals surface area contributed by atoms with E-state index in [9.17, 15) is 9.59 Å². The summed E-state index contributed by atoms with van der Waals surface area (Å²) in [5, 5.41) is 0. The minimum atomic E-state index is -0.424. The number of nitrogens with two attached hydrogens (primary N) is 1. The molecule has 0 spiro atoms. The van der Waals surface area contributed by atoms with Gasteiger partial charge in [0.05, 0.1) is 11.4 Å². The van der Waals surface area contributed by atoms with E-state index >= 15 is 0 Å². The molecule has 5 nitrogen and oxygen atoms in total. The summed E-state index contributed by atoms with van der Waals surface area (Å²) < 4.78 is 2.59. The summed E-state index contributed by atoms with van der Waals surface area (Å²) >= 11 is 0. The van der Waals surface area contributed by atoms with Gasteiger partial charge in [0, 0.05) is 6.54 Å². The Hall–Kier alpha value is -2.30. The number of nitrogen functional groups attached to an aromatic ring is 1. The first kappa shape index (κ1) is 12.2. The van der Waals surface area contributed by atoms with E-state index in [-0.39, 0.29) is 11.4 Å². The maximum absolute atomic E-state index is 12.3. The molecule has 0 saturated heterocycles. The highest BCUT2D eigenvalue weighted by Crippen LogP contribution is 2.10. The molecule has 0 aliphatic rings. The topological polar surface area (TPSA) is 70.0 Å². The average molecular weight is 245 g/mol.